The van der Waals surface area contributed by atoms with Crippen molar-refractivity contribution in [2.75, 3.05) is 20.3 Å². The van der Waals surface area contributed by atoms with Gasteiger partial charge in [-0.15, -0.1) is 0 Å². The molecular formula is C11H27N2OPSi. The first-order chi connectivity index (χ1) is 6.94. The van der Waals surface area contributed by atoms with Crippen molar-refractivity contribution in [2.45, 2.75) is 46.5 Å². The summed E-state index contributed by atoms with van der Waals surface area (Å²) in [5, 5.41) is 0. The van der Waals surface area contributed by atoms with Gasteiger partial charge in [-0.3, -0.25) is 0 Å². The molecule has 0 saturated carbocycles. The van der Waals surface area contributed by atoms with Gasteiger partial charge in [0.15, 0.2) is 8.24 Å². The zero-order valence-electron chi connectivity index (χ0n) is 12.0. The Balaban J connectivity index is 2.98. The van der Waals surface area contributed by atoms with Gasteiger partial charge in [0.2, 0.25) is 0 Å². The molecule has 1 heterocycles. The average molecular weight is 262 g/mol. The fourth-order valence-electron chi connectivity index (χ4n) is 1.83. The largest absolute Gasteiger partial charge is 0.328 e. The molecule has 1 aliphatic heterocycles. The first-order valence-corrected chi connectivity index (χ1v) is 11.5. The van der Waals surface area contributed by atoms with Gasteiger partial charge < -0.3 is 8.93 Å². The number of likely N-dealkylation sites (N-methyl/N-ethyl adjacent to an activating group) is 1. The minimum Gasteiger partial charge on any atom is -0.328 e. The van der Waals surface area contributed by atoms with Gasteiger partial charge in [0.1, 0.15) is 7.43 Å². The Hall–Kier alpha value is 0.367. The van der Waals surface area contributed by atoms with Crippen LogP contribution in [0.5, 0.6) is 0 Å². The molecule has 0 aromatic rings. The van der Waals surface area contributed by atoms with Crippen LogP contribution in [0.3, 0.4) is 0 Å². The van der Waals surface area contributed by atoms with Crippen molar-refractivity contribution >= 4 is 15.7 Å². The van der Waals surface area contributed by atoms with E-state index in [2.05, 4.69) is 58.8 Å². The smallest absolute Gasteiger partial charge is 0.174 e. The summed E-state index contributed by atoms with van der Waals surface area (Å²) < 4.78 is 13.7. The summed E-state index contributed by atoms with van der Waals surface area (Å²) in [6, 6.07) is 0. The molecule has 2 atom stereocenters. The Morgan fingerprint density at radius 1 is 1.31 bits per heavy atom. The molecule has 0 spiro atoms. The van der Waals surface area contributed by atoms with Crippen molar-refractivity contribution in [3.63, 3.8) is 0 Å². The number of nitrogens with zero attached hydrogens (tertiary/aromatic N) is 2. The molecular weight excluding hydrogens is 235 g/mol. The zero-order valence-corrected chi connectivity index (χ0v) is 13.9. The van der Waals surface area contributed by atoms with Gasteiger partial charge in [-0.2, -0.15) is 0 Å². The molecule has 0 N–H and O–H groups in total. The molecule has 1 rings (SSSR count). The average Bonchev–Trinajstić information content (AvgIpc) is 2.22. The van der Waals surface area contributed by atoms with Gasteiger partial charge in [-0.25, -0.2) is 4.67 Å². The lowest BCUT2D eigenvalue weighted by Crippen LogP contribution is -2.29. The Morgan fingerprint density at radius 3 is 2.12 bits per heavy atom. The van der Waals surface area contributed by atoms with E-state index in [1.807, 2.05) is 0 Å². The highest BCUT2D eigenvalue weighted by Crippen LogP contribution is 2.58. The van der Waals surface area contributed by atoms with E-state index in [1.165, 1.54) is 0 Å². The van der Waals surface area contributed by atoms with Gasteiger partial charge in [0.25, 0.3) is 0 Å². The molecule has 0 radical (unpaired) electrons. The molecule has 16 heavy (non-hydrogen) atoms. The quantitative estimate of drug-likeness (QED) is 0.529. The molecule has 0 aliphatic carbocycles. The van der Waals surface area contributed by atoms with E-state index >= 15 is 0 Å². The zero-order chi connectivity index (χ0) is 12.8. The van der Waals surface area contributed by atoms with Crippen molar-refractivity contribution in [3.05, 3.63) is 0 Å². The monoisotopic (exact) mass is 262 g/mol. The minimum atomic E-state index is -1.67. The predicted octanol–water partition coefficient (Wildman–Crippen LogP) is 3.86. The van der Waals surface area contributed by atoms with E-state index < -0.39 is 15.7 Å². The lowest BCUT2D eigenvalue weighted by atomic mass is 9.89. The van der Waals surface area contributed by atoms with Crippen molar-refractivity contribution in [1.29, 1.82) is 0 Å². The maximum Gasteiger partial charge on any atom is 0.174 e. The third-order valence-electron chi connectivity index (χ3n) is 2.84. The van der Waals surface area contributed by atoms with Gasteiger partial charge in [0.05, 0.1) is 6.10 Å². The molecule has 2 unspecified atom stereocenters. The first kappa shape index (κ1) is 14.4. The van der Waals surface area contributed by atoms with E-state index in [0.717, 1.165) is 6.54 Å². The molecule has 0 aromatic heterocycles. The number of hydrogen-bond acceptors (Lipinski definition) is 2. The maximum absolute atomic E-state index is 6.31. The van der Waals surface area contributed by atoms with Crippen LogP contribution < -0.4 is 0 Å². The Bertz CT molecular complexity index is 317. The van der Waals surface area contributed by atoms with Gasteiger partial charge in [-0.1, -0.05) is 20.8 Å². The van der Waals surface area contributed by atoms with Crippen LogP contribution in [-0.4, -0.2) is 39.3 Å². The van der Waals surface area contributed by atoms with Crippen LogP contribution in [0.2, 0.25) is 19.6 Å². The van der Waals surface area contributed by atoms with Crippen molar-refractivity contribution in [3.8, 4) is 0 Å². The van der Waals surface area contributed by atoms with Gasteiger partial charge >= 0.3 is 0 Å². The third kappa shape index (κ3) is 3.43. The van der Waals surface area contributed by atoms with Gasteiger partial charge in [-0.05, 0) is 32.1 Å². The summed E-state index contributed by atoms with van der Waals surface area (Å²) in [4.78, 5) is 0. The topological polar surface area (TPSA) is 24.8 Å². The van der Waals surface area contributed by atoms with Crippen LogP contribution in [0.4, 0.5) is 0 Å². The minimum absolute atomic E-state index is 0.209. The van der Waals surface area contributed by atoms with Crippen molar-refractivity contribution in [2.24, 2.45) is 9.83 Å². The summed E-state index contributed by atoms with van der Waals surface area (Å²) in [6.45, 7) is 16.8. The van der Waals surface area contributed by atoms with E-state index in [9.17, 15) is 0 Å². The Kier molecular flexibility index (Phi) is 3.82. The summed E-state index contributed by atoms with van der Waals surface area (Å²) in [7, 11) is -0.927. The Labute approximate surface area is 102 Å². The second kappa shape index (κ2) is 4.24. The third-order valence-corrected chi connectivity index (χ3v) is 8.81. The highest BCUT2D eigenvalue weighted by atomic mass is 31.2. The van der Waals surface area contributed by atoms with Crippen molar-refractivity contribution < 1.29 is 4.52 Å². The molecule has 3 nitrogen and oxygen atoms in total. The second-order valence-corrected chi connectivity index (χ2v) is 14.6. The number of hydrogen-bond donors (Lipinski definition) is 0. The molecule has 0 aromatic carbocycles. The SMILES string of the molecule is CN1CC(C(C)(C)C)OP1(C)=N[Si](C)(C)C. The molecule has 1 aliphatic rings. The van der Waals surface area contributed by atoms with E-state index in [4.69, 9.17) is 8.93 Å². The molecule has 0 bridgehead atoms. The van der Waals surface area contributed by atoms with Crippen molar-refractivity contribution in [1.82, 2.24) is 4.67 Å². The van der Waals surface area contributed by atoms with Crippen LogP contribution in [0.1, 0.15) is 20.8 Å². The fraction of sp³-hybridized carbons (Fsp3) is 1.00. The molecule has 5 heteroatoms. The molecule has 0 amide bonds. The normalized spacial score (nSPS) is 33.1. The molecule has 1 fully saturated rings. The first-order valence-electron chi connectivity index (χ1n) is 5.95. The van der Waals surface area contributed by atoms with E-state index in [1.54, 1.807) is 0 Å². The highest BCUT2D eigenvalue weighted by molar-refractivity contribution is 7.59. The van der Waals surface area contributed by atoms with E-state index in [0.29, 0.717) is 6.10 Å². The molecule has 96 valence electrons. The number of rotatable bonds is 1. The van der Waals surface area contributed by atoms with Crippen LogP contribution in [0, 0.1) is 5.41 Å². The molecule has 1 saturated heterocycles. The lowest BCUT2D eigenvalue weighted by Gasteiger charge is -2.27. The predicted molar refractivity (Wildman–Crippen MR) is 75.6 cm³/mol. The fourth-order valence-corrected chi connectivity index (χ4v) is 8.56. The van der Waals surface area contributed by atoms with Crippen LogP contribution >= 0.6 is 7.43 Å². The van der Waals surface area contributed by atoms with Gasteiger partial charge in [0, 0.05) is 13.2 Å². The highest BCUT2D eigenvalue weighted by Gasteiger charge is 2.41. The summed E-state index contributed by atoms with van der Waals surface area (Å²) in [6.07, 6.45) is 0.316. The summed E-state index contributed by atoms with van der Waals surface area (Å²) >= 11 is 0. The maximum atomic E-state index is 6.31. The lowest BCUT2D eigenvalue weighted by molar-refractivity contribution is 0.120. The summed E-state index contributed by atoms with van der Waals surface area (Å²) in [5.74, 6) is 0. The van der Waals surface area contributed by atoms with E-state index in [-0.39, 0.29) is 5.41 Å². The van der Waals surface area contributed by atoms with Crippen LogP contribution in [0.25, 0.3) is 0 Å². The van der Waals surface area contributed by atoms with Crippen LogP contribution in [0.15, 0.2) is 4.41 Å². The van der Waals surface area contributed by atoms with Crippen LogP contribution in [-0.2, 0) is 4.52 Å². The summed E-state index contributed by atoms with van der Waals surface area (Å²) in [5.41, 5.74) is 0.209. The Morgan fingerprint density at radius 2 is 1.81 bits per heavy atom. The standard InChI is InChI=1S/C11H27N2OPSi/c1-11(2,3)10-9-13(4)15(5,14-10)12-16(6,7)8/h10H,9H2,1-8H3. The second-order valence-electron chi connectivity index (χ2n) is 6.91.